The highest BCUT2D eigenvalue weighted by Crippen LogP contribution is 2.38. The molecule has 0 radical (unpaired) electrons. The van der Waals surface area contributed by atoms with Gasteiger partial charge < -0.3 is 5.11 Å². The summed E-state index contributed by atoms with van der Waals surface area (Å²) in [5, 5.41) is 12.7. The monoisotopic (exact) mass is 449 g/mol. The molecule has 1 aromatic heterocycles. The van der Waals surface area contributed by atoms with E-state index in [1.54, 1.807) is 0 Å². The number of carbonyl (C=O) groups excluding carboxylic acids is 2. The summed E-state index contributed by atoms with van der Waals surface area (Å²) < 4.78 is 79.1. The lowest BCUT2D eigenvalue weighted by Gasteiger charge is -2.13. The van der Waals surface area contributed by atoms with E-state index < -0.39 is 53.4 Å². The molecule has 2 aromatic rings. The fourth-order valence-corrected chi connectivity index (χ4v) is 2.77. The average molecular weight is 449 g/mol. The van der Waals surface area contributed by atoms with Gasteiger partial charge in [-0.3, -0.25) is 14.6 Å². The van der Waals surface area contributed by atoms with Crippen LogP contribution in [0.15, 0.2) is 30.2 Å². The molecule has 166 valence electrons. The number of urea groups is 1. The summed E-state index contributed by atoms with van der Waals surface area (Å²) in [7, 11) is 1.27. The number of rotatable bonds is 4. The van der Waals surface area contributed by atoms with Crippen molar-refractivity contribution >= 4 is 18.1 Å². The molecule has 1 fully saturated rings. The van der Waals surface area contributed by atoms with E-state index >= 15 is 0 Å². The van der Waals surface area contributed by atoms with Crippen molar-refractivity contribution in [2.24, 2.45) is 0 Å². The Labute approximate surface area is 170 Å². The lowest BCUT2D eigenvalue weighted by Crippen LogP contribution is -2.33. The zero-order valence-electron chi connectivity index (χ0n) is 15.6. The Bertz CT molecular complexity index is 1030. The van der Waals surface area contributed by atoms with Crippen molar-refractivity contribution in [2.45, 2.75) is 12.4 Å². The van der Waals surface area contributed by atoms with Crippen LogP contribution in [0.3, 0.4) is 0 Å². The quantitative estimate of drug-likeness (QED) is 0.440. The van der Waals surface area contributed by atoms with Gasteiger partial charge in [0.1, 0.15) is 12.0 Å². The van der Waals surface area contributed by atoms with E-state index in [0.717, 1.165) is 27.0 Å². The Morgan fingerprint density at radius 1 is 1.03 bits per heavy atom. The van der Waals surface area contributed by atoms with Crippen LogP contribution in [0.2, 0.25) is 0 Å². The number of aromatic nitrogens is 3. The second kappa shape index (κ2) is 7.68. The number of halogens is 6. The molecule has 3 rings (SSSR count). The Morgan fingerprint density at radius 2 is 1.61 bits per heavy atom. The molecule has 1 aromatic carbocycles. The van der Waals surface area contributed by atoms with E-state index in [9.17, 15) is 35.9 Å². The zero-order valence-corrected chi connectivity index (χ0v) is 15.6. The Balaban J connectivity index is 2.00. The number of imide groups is 1. The highest BCUT2D eigenvalue weighted by molar-refractivity contribution is 6.13. The van der Waals surface area contributed by atoms with Crippen molar-refractivity contribution in [3.05, 3.63) is 41.4 Å². The Kier molecular flexibility index (Phi) is 5.52. The lowest BCUT2D eigenvalue weighted by molar-refractivity contribution is -0.143. The molecule has 1 aliphatic rings. The van der Waals surface area contributed by atoms with E-state index in [0.29, 0.717) is 12.1 Å². The van der Waals surface area contributed by atoms with Crippen LogP contribution < -0.4 is 0 Å². The average Bonchev–Trinajstić information content (AvgIpc) is 3.22. The molecule has 3 amide bonds. The number of hydrogen-bond acceptors (Lipinski definition) is 5. The largest absolute Gasteiger partial charge is 0.416 e. The number of likely N-dealkylation sites (N-methyl/N-ethyl adjacent to an activating group) is 1. The van der Waals surface area contributed by atoms with Gasteiger partial charge in [-0.25, -0.2) is 14.5 Å². The lowest BCUT2D eigenvalue weighted by atomic mass is 10.0. The molecular formula is C17H13F6N5O3. The van der Waals surface area contributed by atoms with E-state index in [1.165, 1.54) is 7.05 Å². The first kappa shape index (κ1) is 22.3. The second-order valence-electron chi connectivity index (χ2n) is 6.38. The van der Waals surface area contributed by atoms with Crippen LogP contribution >= 0.6 is 0 Å². The molecule has 2 heterocycles. The van der Waals surface area contributed by atoms with Crippen molar-refractivity contribution in [1.29, 1.82) is 0 Å². The van der Waals surface area contributed by atoms with Crippen molar-refractivity contribution in [3.8, 4) is 11.4 Å². The van der Waals surface area contributed by atoms with Crippen LogP contribution in [0.4, 0.5) is 31.1 Å². The van der Waals surface area contributed by atoms with Gasteiger partial charge >= 0.3 is 18.4 Å². The summed E-state index contributed by atoms with van der Waals surface area (Å²) in [6.45, 7) is -0.727. The summed E-state index contributed by atoms with van der Waals surface area (Å²) in [6, 6.07) is 0.206. The SMILES string of the molecule is CN1C(=O)N(CCO)C(=O)/C1=C/n1cnc(-c2cc(C(F)(F)F)cc(C(F)(F)F)c2)n1. The molecule has 1 aliphatic heterocycles. The van der Waals surface area contributed by atoms with Crippen molar-refractivity contribution < 1.29 is 41.0 Å². The number of alkyl halides is 6. The first-order chi connectivity index (χ1) is 14.3. The van der Waals surface area contributed by atoms with Gasteiger partial charge in [0.25, 0.3) is 5.91 Å². The highest BCUT2D eigenvalue weighted by Gasteiger charge is 2.39. The number of aliphatic hydroxyl groups is 1. The van der Waals surface area contributed by atoms with Crippen molar-refractivity contribution in [2.75, 3.05) is 20.2 Å². The molecule has 1 N–H and O–H groups in total. The van der Waals surface area contributed by atoms with Crippen LogP contribution in [-0.4, -0.2) is 61.8 Å². The molecule has 0 unspecified atom stereocenters. The van der Waals surface area contributed by atoms with Crippen LogP contribution in [0.25, 0.3) is 17.6 Å². The summed E-state index contributed by atoms with van der Waals surface area (Å²) in [5.41, 5.74) is -3.77. The van der Waals surface area contributed by atoms with E-state index in [1.807, 2.05) is 0 Å². The first-order valence-electron chi connectivity index (χ1n) is 8.46. The standard InChI is InChI=1S/C17H13F6N5O3/c1-26-12(14(30)28(2-3-29)15(26)31)7-27-8-24-13(25-27)9-4-10(16(18,19)20)6-11(5-9)17(21,22)23/h4-8,29H,2-3H2,1H3/b12-7-. The minimum atomic E-state index is -5.03. The molecule has 0 aliphatic carbocycles. The number of hydrogen-bond donors (Lipinski definition) is 1. The number of β-amino-alcohol motifs (C(OH)–C–C–N with tert-alkyl or cyclic N) is 1. The van der Waals surface area contributed by atoms with E-state index in [-0.39, 0.29) is 18.3 Å². The van der Waals surface area contributed by atoms with Gasteiger partial charge in [0, 0.05) is 12.6 Å². The maximum absolute atomic E-state index is 13.0. The summed E-state index contributed by atoms with van der Waals surface area (Å²) >= 11 is 0. The molecule has 0 bridgehead atoms. The second-order valence-corrected chi connectivity index (χ2v) is 6.38. The number of carbonyl (C=O) groups is 2. The van der Waals surface area contributed by atoms with Gasteiger partial charge in [-0.1, -0.05) is 0 Å². The molecule has 0 atom stereocenters. The Morgan fingerprint density at radius 3 is 2.13 bits per heavy atom. The van der Waals surface area contributed by atoms with Crippen molar-refractivity contribution in [1.82, 2.24) is 24.6 Å². The third kappa shape index (κ3) is 4.38. The van der Waals surface area contributed by atoms with E-state index in [4.69, 9.17) is 5.11 Å². The third-order valence-electron chi connectivity index (χ3n) is 4.28. The molecule has 31 heavy (non-hydrogen) atoms. The van der Waals surface area contributed by atoms with Crippen LogP contribution in [0.1, 0.15) is 11.1 Å². The predicted octanol–water partition coefficient (Wildman–Crippen LogP) is 2.67. The van der Waals surface area contributed by atoms with Gasteiger partial charge in [-0.15, -0.1) is 5.10 Å². The summed E-state index contributed by atoms with van der Waals surface area (Å²) in [5.74, 6) is -1.22. The normalized spacial score (nSPS) is 16.7. The highest BCUT2D eigenvalue weighted by atomic mass is 19.4. The van der Waals surface area contributed by atoms with Gasteiger partial charge in [-0.2, -0.15) is 26.3 Å². The molecular weight excluding hydrogens is 436 g/mol. The zero-order chi connectivity index (χ0) is 23.1. The minimum absolute atomic E-state index is 0.0179. The molecule has 1 saturated heterocycles. The smallest absolute Gasteiger partial charge is 0.395 e. The maximum Gasteiger partial charge on any atom is 0.416 e. The summed E-state index contributed by atoms with van der Waals surface area (Å²) in [4.78, 5) is 29.7. The number of nitrogens with zero attached hydrogens (tertiary/aromatic N) is 5. The Hall–Kier alpha value is -3.42. The molecule has 0 saturated carbocycles. The third-order valence-corrected chi connectivity index (χ3v) is 4.28. The topological polar surface area (TPSA) is 91.6 Å². The summed E-state index contributed by atoms with van der Waals surface area (Å²) in [6.07, 6.45) is -8.07. The van der Waals surface area contributed by atoms with Crippen LogP contribution in [0, 0.1) is 0 Å². The van der Waals surface area contributed by atoms with Crippen LogP contribution in [0.5, 0.6) is 0 Å². The number of aliphatic hydroxyl groups excluding tert-OH is 1. The van der Waals surface area contributed by atoms with Crippen molar-refractivity contribution in [3.63, 3.8) is 0 Å². The first-order valence-corrected chi connectivity index (χ1v) is 8.46. The van der Waals surface area contributed by atoms with Gasteiger partial charge in [0.2, 0.25) is 0 Å². The maximum atomic E-state index is 13.0. The van der Waals surface area contributed by atoms with Gasteiger partial charge in [0.15, 0.2) is 5.82 Å². The van der Waals surface area contributed by atoms with E-state index in [2.05, 4.69) is 10.1 Å². The molecule has 8 nitrogen and oxygen atoms in total. The molecule has 14 heteroatoms. The number of benzene rings is 1. The number of amides is 3. The molecule has 0 spiro atoms. The van der Waals surface area contributed by atoms with Gasteiger partial charge in [-0.05, 0) is 18.2 Å². The van der Waals surface area contributed by atoms with Crippen LogP contribution in [-0.2, 0) is 17.1 Å². The fraction of sp³-hybridized carbons (Fsp3) is 0.294. The fourth-order valence-electron chi connectivity index (χ4n) is 2.77. The minimum Gasteiger partial charge on any atom is -0.395 e. The van der Waals surface area contributed by atoms with Gasteiger partial charge in [0.05, 0.1) is 30.5 Å². The predicted molar refractivity (Wildman–Crippen MR) is 91.7 cm³/mol.